The van der Waals surface area contributed by atoms with Crippen LogP contribution in [0.25, 0.3) is 11.5 Å². The maximum Gasteiger partial charge on any atom is 0.258 e. The quantitative estimate of drug-likeness (QED) is 0.795. The number of ether oxygens (including phenoxy) is 1. The molecule has 0 aliphatic rings. The van der Waals surface area contributed by atoms with Gasteiger partial charge in [-0.3, -0.25) is 0 Å². The van der Waals surface area contributed by atoms with Crippen LogP contribution in [0.5, 0.6) is 11.5 Å². The number of hydrogen-bond donors (Lipinski definition) is 1. The van der Waals surface area contributed by atoms with Crippen molar-refractivity contribution >= 4 is 0 Å². The van der Waals surface area contributed by atoms with Crippen LogP contribution in [0.2, 0.25) is 0 Å². The van der Waals surface area contributed by atoms with Gasteiger partial charge in [-0.05, 0) is 42.8 Å². The zero-order valence-electron chi connectivity index (χ0n) is 11.5. The minimum atomic E-state index is 0.241. The molecule has 2 aromatic carbocycles. The van der Waals surface area contributed by atoms with E-state index in [-0.39, 0.29) is 12.4 Å². The highest BCUT2D eigenvalue weighted by Gasteiger charge is 2.10. The van der Waals surface area contributed by atoms with Gasteiger partial charge in [0.05, 0.1) is 0 Å². The van der Waals surface area contributed by atoms with Crippen LogP contribution < -0.4 is 4.74 Å². The summed E-state index contributed by atoms with van der Waals surface area (Å²) >= 11 is 0. The van der Waals surface area contributed by atoms with Crippen LogP contribution in [-0.2, 0) is 6.61 Å². The van der Waals surface area contributed by atoms with E-state index < -0.39 is 0 Å². The lowest BCUT2D eigenvalue weighted by Crippen LogP contribution is -1.97. The molecular weight excluding hydrogens is 268 g/mol. The van der Waals surface area contributed by atoms with E-state index >= 15 is 0 Å². The highest BCUT2D eigenvalue weighted by atomic mass is 16.5. The summed E-state index contributed by atoms with van der Waals surface area (Å²) in [6, 6.07) is 14.6. The topological polar surface area (TPSA) is 68.4 Å². The fraction of sp³-hybridized carbons (Fsp3) is 0.125. The number of aromatic hydroxyl groups is 1. The van der Waals surface area contributed by atoms with Gasteiger partial charge in [-0.15, -0.1) is 0 Å². The number of phenols is 1. The van der Waals surface area contributed by atoms with E-state index in [4.69, 9.17) is 9.26 Å². The molecule has 0 saturated heterocycles. The van der Waals surface area contributed by atoms with Crippen molar-refractivity contribution in [3.05, 3.63) is 59.9 Å². The Morgan fingerprint density at radius 2 is 1.95 bits per heavy atom. The molecule has 3 aromatic rings. The molecule has 5 heteroatoms. The van der Waals surface area contributed by atoms with Crippen molar-refractivity contribution in [3.63, 3.8) is 0 Å². The highest BCUT2D eigenvalue weighted by Crippen LogP contribution is 2.24. The standard InChI is InChI=1S/C16H14N2O3/c1-11-9-12(7-8-14(11)19)16-17-15(18-21-16)10-20-13-5-3-2-4-6-13/h2-9,19H,10H2,1H3. The predicted molar refractivity (Wildman–Crippen MR) is 76.9 cm³/mol. The number of benzene rings is 2. The first kappa shape index (κ1) is 13.2. The Morgan fingerprint density at radius 3 is 2.71 bits per heavy atom. The molecule has 1 N–H and O–H groups in total. The number of rotatable bonds is 4. The third-order valence-electron chi connectivity index (χ3n) is 3.02. The highest BCUT2D eigenvalue weighted by molar-refractivity contribution is 5.56. The minimum absolute atomic E-state index is 0.241. The Bertz CT molecular complexity index is 738. The SMILES string of the molecule is Cc1cc(-c2nc(COc3ccccc3)no2)ccc1O. The Balaban J connectivity index is 1.72. The molecule has 106 valence electrons. The smallest absolute Gasteiger partial charge is 0.258 e. The zero-order valence-corrected chi connectivity index (χ0v) is 11.5. The third-order valence-corrected chi connectivity index (χ3v) is 3.02. The molecule has 0 fully saturated rings. The summed E-state index contributed by atoms with van der Waals surface area (Å²) in [4.78, 5) is 4.28. The Morgan fingerprint density at radius 1 is 1.14 bits per heavy atom. The average Bonchev–Trinajstić information content (AvgIpc) is 2.98. The van der Waals surface area contributed by atoms with E-state index in [9.17, 15) is 5.11 Å². The van der Waals surface area contributed by atoms with Crippen molar-refractivity contribution in [3.8, 4) is 23.0 Å². The number of aryl methyl sites for hydroxylation is 1. The molecular formula is C16H14N2O3. The molecule has 0 radical (unpaired) electrons. The first-order chi connectivity index (χ1) is 10.2. The van der Waals surface area contributed by atoms with Gasteiger partial charge in [0, 0.05) is 5.56 Å². The van der Waals surface area contributed by atoms with Gasteiger partial charge in [0.2, 0.25) is 5.82 Å². The molecule has 0 aliphatic carbocycles. The van der Waals surface area contributed by atoms with Crippen molar-refractivity contribution in [2.75, 3.05) is 0 Å². The van der Waals surface area contributed by atoms with Gasteiger partial charge in [0.15, 0.2) is 6.61 Å². The van der Waals surface area contributed by atoms with Crippen LogP contribution in [0.15, 0.2) is 53.1 Å². The lowest BCUT2D eigenvalue weighted by molar-refractivity contribution is 0.287. The first-order valence-electron chi connectivity index (χ1n) is 6.53. The van der Waals surface area contributed by atoms with E-state index in [1.165, 1.54) is 0 Å². The molecule has 0 bridgehead atoms. The molecule has 0 spiro atoms. The third kappa shape index (κ3) is 3.02. The Labute approximate surface area is 121 Å². The molecule has 5 nitrogen and oxygen atoms in total. The normalized spacial score (nSPS) is 10.5. The fourth-order valence-corrected chi connectivity index (χ4v) is 1.88. The van der Waals surface area contributed by atoms with E-state index in [0.29, 0.717) is 11.7 Å². The van der Waals surface area contributed by atoms with Gasteiger partial charge < -0.3 is 14.4 Å². The van der Waals surface area contributed by atoms with Crippen LogP contribution in [-0.4, -0.2) is 15.2 Å². The van der Waals surface area contributed by atoms with Crippen LogP contribution in [0.4, 0.5) is 0 Å². The summed E-state index contributed by atoms with van der Waals surface area (Å²) < 4.78 is 10.8. The maximum atomic E-state index is 9.52. The summed E-state index contributed by atoms with van der Waals surface area (Å²) in [7, 11) is 0. The molecule has 1 heterocycles. The van der Waals surface area contributed by atoms with Crippen molar-refractivity contribution in [1.82, 2.24) is 10.1 Å². The second-order valence-corrected chi connectivity index (χ2v) is 4.62. The van der Waals surface area contributed by atoms with Gasteiger partial charge in [-0.2, -0.15) is 4.98 Å². The van der Waals surface area contributed by atoms with Gasteiger partial charge in [0.25, 0.3) is 5.89 Å². The summed E-state index contributed by atoms with van der Waals surface area (Å²) in [6.45, 7) is 2.05. The van der Waals surface area contributed by atoms with Crippen molar-refractivity contribution < 1.29 is 14.4 Å². The molecule has 21 heavy (non-hydrogen) atoms. The van der Waals surface area contributed by atoms with Crippen LogP contribution in [0.1, 0.15) is 11.4 Å². The fourth-order valence-electron chi connectivity index (χ4n) is 1.88. The Hall–Kier alpha value is -2.82. The molecule has 0 unspecified atom stereocenters. The van der Waals surface area contributed by atoms with Gasteiger partial charge in [0.1, 0.15) is 11.5 Å². The molecule has 1 aromatic heterocycles. The van der Waals surface area contributed by atoms with Gasteiger partial charge in [-0.1, -0.05) is 23.4 Å². The summed E-state index contributed by atoms with van der Waals surface area (Å²) in [5, 5.41) is 13.4. The zero-order chi connectivity index (χ0) is 14.7. The van der Waals surface area contributed by atoms with Gasteiger partial charge in [-0.25, -0.2) is 0 Å². The van der Waals surface area contributed by atoms with Crippen molar-refractivity contribution in [2.45, 2.75) is 13.5 Å². The van der Waals surface area contributed by atoms with Crippen LogP contribution in [0.3, 0.4) is 0 Å². The number of aromatic nitrogens is 2. The Kier molecular flexibility index (Phi) is 3.55. The molecule has 0 aliphatic heterocycles. The number of hydrogen-bond acceptors (Lipinski definition) is 5. The summed E-state index contributed by atoms with van der Waals surface area (Å²) in [5.41, 5.74) is 1.52. The van der Waals surface area contributed by atoms with Crippen molar-refractivity contribution in [1.29, 1.82) is 0 Å². The second-order valence-electron chi connectivity index (χ2n) is 4.62. The monoisotopic (exact) mass is 282 g/mol. The van der Waals surface area contributed by atoms with E-state index in [1.807, 2.05) is 37.3 Å². The molecule has 0 saturated carbocycles. The largest absolute Gasteiger partial charge is 0.508 e. The number of phenolic OH excluding ortho intramolecular Hbond substituents is 1. The van der Waals surface area contributed by atoms with Gasteiger partial charge >= 0.3 is 0 Å². The van der Waals surface area contributed by atoms with Crippen molar-refractivity contribution in [2.24, 2.45) is 0 Å². The average molecular weight is 282 g/mol. The lowest BCUT2D eigenvalue weighted by Gasteiger charge is -2.01. The summed E-state index contributed by atoms with van der Waals surface area (Å²) in [5.74, 6) is 1.87. The lowest BCUT2D eigenvalue weighted by atomic mass is 10.1. The van der Waals surface area contributed by atoms with E-state index in [1.54, 1.807) is 18.2 Å². The molecule has 0 amide bonds. The number of nitrogens with zero attached hydrogens (tertiary/aromatic N) is 2. The molecule has 3 rings (SSSR count). The van der Waals surface area contributed by atoms with Crippen LogP contribution >= 0.6 is 0 Å². The van der Waals surface area contributed by atoms with Crippen LogP contribution in [0, 0.1) is 6.92 Å². The number of para-hydroxylation sites is 1. The first-order valence-corrected chi connectivity index (χ1v) is 6.53. The predicted octanol–water partition coefficient (Wildman–Crippen LogP) is 3.33. The maximum absolute atomic E-state index is 9.52. The summed E-state index contributed by atoms with van der Waals surface area (Å²) in [6.07, 6.45) is 0. The van der Waals surface area contributed by atoms with E-state index in [2.05, 4.69) is 10.1 Å². The molecule has 0 atom stereocenters. The minimum Gasteiger partial charge on any atom is -0.508 e. The van der Waals surface area contributed by atoms with E-state index in [0.717, 1.165) is 16.9 Å². The second kappa shape index (κ2) is 5.66.